The van der Waals surface area contributed by atoms with Crippen LogP contribution in [0, 0.1) is 11.8 Å². The van der Waals surface area contributed by atoms with E-state index in [2.05, 4.69) is 51.0 Å². The molecule has 1 N–H and O–H groups in total. The van der Waals surface area contributed by atoms with Crippen LogP contribution in [0.2, 0.25) is 0 Å². The summed E-state index contributed by atoms with van der Waals surface area (Å²) in [5.74, 6) is 1.82. The van der Waals surface area contributed by atoms with Gasteiger partial charge in [-0.15, -0.1) is 16.9 Å². The highest BCUT2D eigenvalue weighted by atomic mass is 32.2. The Hall–Kier alpha value is -1.86. The van der Waals surface area contributed by atoms with E-state index in [9.17, 15) is 4.79 Å². The van der Waals surface area contributed by atoms with E-state index in [4.69, 9.17) is 0 Å². The Bertz CT molecular complexity index is 866. The molecule has 2 unspecified atom stereocenters. The smallest absolute Gasteiger partial charge is 0.224 e. The van der Waals surface area contributed by atoms with Gasteiger partial charge in [0.1, 0.15) is 0 Å². The molecule has 166 valence electrons. The maximum absolute atomic E-state index is 12.9. The number of benzene rings is 1. The second-order valence-corrected chi connectivity index (χ2v) is 10.5. The first kappa shape index (κ1) is 21.0. The summed E-state index contributed by atoms with van der Waals surface area (Å²) in [5.41, 5.74) is 1.02. The lowest BCUT2D eigenvalue weighted by atomic mass is 9.75. The van der Waals surface area contributed by atoms with Crippen LogP contribution in [0.15, 0.2) is 41.4 Å². The Morgan fingerprint density at radius 3 is 2.74 bits per heavy atom. The highest BCUT2D eigenvalue weighted by molar-refractivity contribution is 7.98. The largest absolute Gasteiger partial charge is 0.353 e. The van der Waals surface area contributed by atoms with Gasteiger partial charge in [0.2, 0.25) is 5.91 Å². The van der Waals surface area contributed by atoms with Crippen molar-refractivity contribution in [3.63, 3.8) is 0 Å². The Labute approximate surface area is 189 Å². The van der Waals surface area contributed by atoms with E-state index in [1.54, 1.807) is 11.8 Å². The van der Waals surface area contributed by atoms with E-state index < -0.39 is 0 Å². The molecule has 0 radical (unpaired) electrons. The number of amides is 1. The fourth-order valence-corrected chi connectivity index (χ4v) is 6.36. The van der Waals surface area contributed by atoms with Crippen molar-refractivity contribution in [2.24, 2.45) is 11.8 Å². The van der Waals surface area contributed by atoms with Gasteiger partial charge in [0.25, 0.3) is 0 Å². The molecule has 1 aromatic carbocycles. The molecule has 2 aromatic rings. The molecule has 3 aliphatic heterocycles. The SMILES string of the molecule is O=C(NC1CCCCC1)[C@H]1CN2CCC1C[C@@H]2Cn1cc(CSc2ccccc2)nn1. The van der Waals surface area contributed by atoms with Crippen molar-refractivity contribution in [2.75, 3.05) is 13.1 Å². The molecule has 31 heavy (non-hydrogen) atoms. The molecular formula is C24H33N5OS. The Balaban J connectivity index is 1.13. The zero-order valence-electron chi connectivity index (χ0n) is 18.2. The van der Waals surface area contributed by atoms with Crippen molar-refractivity contribution in [2.45, 2.75) is 74.2 Å². The van der Waals surface area contributed by atoms with E-state index in [1.165, 1.54) is 24.2 Å². The fourth-order valence-electron chi connectivity index (χ4n) is 5.56. The van der Waals surface area contributed by atoms with E-state index >= 15 is 0 Å². The van der Waals surface area contributed by atoms with E-state index in [0.29, 0.717) is 23.9 Å². The summed E-state index contributed by atoms with van der Waals surface area (Å²) in [6.45, 7) is 2.88. The fraction of sp³-hybridized carbons (Fsp3) is 0.625. The molecule has 0 spiro atoms. The molecule has 1 aliphatic carbocycles. The highest BCUT2D eigenvalue weighted by Crippen LogP contribution is 2.37. The van der Waals surface area contributed by atoms with Gasteiger partial charge in [-0.05, 0) is 50.3 Å². The van der Waals surface area contributed by atoms with Crippen LogP contribution in [-0.4, -0.2) is 51.0 Å². The average Bonchev–Trinajstić information content (AvgIpc) is 3.27. The summed E-state index contributed by atoms with van der Waals surface area (Å²) in [7, 11) is 0. The summed E-state index contributed by atoms with van der Waals surface area (Å²) < 4.78 is 2.00. The van der Waals surface area contributed by atoms with Crippen molar-refractivity contribution in [3.8, 4) is 0 Å². The molecule has 4 heterocycles. The molecule has 1 amide bonds. The number of carbonyl (C=O) groups excluding carboxylic acids is 1. The van der Waals surface area contributed by atoms with Gasteiger partial charge in [-0.2, -0.15) is 0 Å². The normalized spacial score (nSPS) is 28.5. The van der Waals surface area contributed by atoms with Gasteiger partial charge in [0, 0.05) is 35.5 Å². The van der Waals surface area contributed by atoms with Crippen LogP contribution in [0.5, 0.6) is 0 Å². The van der Waals surface area contributed by atoms with Crippen LogP contribution >= 0.6 is 11.8 Å². The maximum Gasteiger partial charge on any atom is 0.224 e. The van der Waals surface area contributed by atoms with Crippen molar-refractivity contribution < 1.29 is 4.79 Å². The predicted molar refractivity (Wildman–Crippen MR) is 123 cm³/mol. The zero-order valence-corrected chi connectivity index (χ0v) is 19.0. The standard InChI is InChI=1S/C24H33N5OS/c30-24(25-19-7-3-1-4-8-19)23-16-28-12-11-18(23)13-21(28)15-29-14-20(26-27-29)17-31-22-9-5-2-6-10-22/h2,5-6,9-10,14,18-19,21,23H,1,3-4,7-8,11-13,15-17H2,(H,25,30)/t18?,21-,23+/m1/s1. The number of rotatable bonds is 7. The number of nitrogens with one attached hydrogen (secondary N) is 1. The first-order valence-electron chi connectivity index (χ1n) is 11.9. The van der Waals surface area contributed by atoms with E-state index in [1.807, 2.05) is 10.7 Å². The van der Waals surface area contributed by atoms with Crippen LogP contribution in [0.25, 0.3) is 0 Å². The zero-order chi connectivity index (χ0) is 21.0. The number of hydrogen-bond donors (Lipinski definition) is 1. The number of nitrogens with zero attached hydrogens (tertiary/aromatic N) is 4. The summed E-state index contributed by atoms with van der Waals surface area (Å²) in [6, 6.07) is 11.3. The molecule has 1 saturated carbocycles. The minimum atomic E-state index is 0.167. The van der Waals surface area contributed by atoms with Crippen molar-refractivity contribution >= 4 is 17.7 Å². The third-order valence-corrected chi connectivity index (χ3v) is 8.33. The lowest BCUT2D eigenvalue weighted by molar-refractivity contribution is -0.134. The predicted octanol–water partition coefficient (Wildman–Crippen LogP) is 3.73. The van der Waals surface area contributed by atoms with Gasteiger partial charge >= 0.3 is 0 Å². The highest BCUT2D eigenvalue weighted by Gasteiger charge is 2.43. The Kier molecular flexibility index (Phi) is 6.60. The third kappa shape index (κ3) is 5.14. The van der Waals surface area contributed by atoms with Crippen molar-refractivity contribution in [3.05, 3.63) is 42.2 Å². The monoisotopic (exact) mass is 439 g/mol. The van der Waals surface area contributed by atoms with Crippen LogP contribution in [0.1, 0.15) is 50.6 Å². The Morgan fingerprint density at radius 1 is 1.13 bits per heavy atom. The summed E-state index contributed by atoms with van der Waals surface area (Å²) in [6.07, 6.45) is 10.5. The second-order valence-electron chi connectivity index (χ2n) is 9.42. The molecule has 6 nitrogen and oxygen atoms in total. The number of carbonyl (C=O) groups is 1. The first-order chi connectivity index (χ1) is 15.2. The van der Waals surface area contributed by atoms with Crippen LogP contribution in [0.4, 0.5) is 0 Å². The lowest BCUT2D eigenvalue weighted by Crippen LogP contribution is -2.58. The van der Waals surface area contributed by atoms with E-state index in [-0.39, 0.29) is 5.92 Å². The number of aromatic nitrogens is 3. The van der Waals surface area contributed by atoms with Gasteiger partial charge in [-0.3, -0.25) is 14.4 Å². The van der Waals surface area contributed by atoms with Gasteiger partial charge in [-0.1, -0.05) is 42.7 Å². The molecular weight excluding hydrogens is 406 g/mol. The summed E-state index contributed by atoms with van der Waals surface area (Å²) in [4.78, 5) is 16.7. The molecule has 7 heteroatoms. The second kappa shape index (κ2) is 9.74. The minimum absolute atomic E-state index is 0.167. The molecule has 4 atom stereocenters. The number of piperidine rings is 3. The summed E-state index contributed by atoms with van der Waals surface area (Å²) in [5, 5.41) is 12.1. The van der Waals surface area contributed by atoms with Crippen LogP contribution < -0.4 is 5.32 Å². The Morgan fingerprint density at radius 2 is 1.97 bits per heavy atom. The number of hydrogen-bond acceptors (Lipinski definition) is 5. The van der Waals surface area contributed by atoms with Crippen LogP contribution in [-0.2, 0) is 17.1 Å². The maximum atomic E-state index is 12.9. The quantitative estimate of drug-likeness (QED) is 0.666. The van der Waals surface area contributed by atoms with E-state index in [0.717, 1.165) is 56.8 Å². The molecule has 4 aliphatic rings. The number of thioether (sulfide) groups is 1. The van der Waals surface area contributed by atoms with Gasteiger partial charge < -0.3 is 5.32 Å². The average molecular weight is 440 g/mol. The first-order valence-corrected chi connectivity index (χ1v) is 12.8. The lowest BCUT2D eigenvalue weighted by Gasteiger charge is -2.49. The molecule has 1 aromatic heterocycles. The third-order valence-electron chi connectivity index (χ3n) is 7.28. The molecule has 3 saturated heterocycles. The molecule has 6 rings (SSSR count). The van der Waals surface area contributed by atoms with Crippen molar-refractivity contribution in [1.29, 1.82) is 0 Å². The van der Waals surface area contributed by atoms with Crippen molar-refractivity contribution in [1.82, 2.24) is 25.2 Å². The molecule has 4 fully saturated rings. The topological polar surface area (TPSA) is 63.1 Å². The van der Waals surface area contributed by atoms with Crippen LogP contribution in [0.3, 0.4) is 0 Å². The van der Waals surface area contributed by atoms with Gasteiger partial charge in [0.05, 0.1) is 18.2 Å². The minimum Gasteiger partial charge on any atom is -0.353 e. The van der Waals surface area contributed by atoms with Gasteiger partial charge in [0.15, 0.2) is 0 Å². The van der Waals surface area contributed by atoms with Gasteiger partial charge in [-0.25, -0.2) is 0 Å². The summed E-state index contributed by atoms with van der Waals surface area (Å²) >= 11 is 1.79. The number of fused-ring (bicyclic) bond motifs is 3. The molecule has 2 bridgehead atoms.